The van der Waals surface area contributed by atoms with Crippen LogP contribution in [0.25, 0.3) is 44.5 Å². The second-order valence-corrected chi connectivity index (χ2v) is 18.1. The van der Waals surface area contributed by atoms with Crippen molar-refractivity contribution in [3.05, 3.63) is 186 Å². The van der Waals surface area contributed by atoms with Gasteiger partial charge in [0.25, 0.3) is 0 Å². The van der Waals surface area contributed by atoms with Gasteiger partial charge in [0, 0.05) is 22.1 Å². The molecule has 0 heterocycles. The van der Waals surface area contributed by atoms with Crippen molar-refractivity contribution in [1.82, 2.24) is 0 Å². The van der Waals surface area contributed by atoms with Gasteiger partial charge in [0.15, 0.2) is 0 Å². The molecule has 1 heteroatoms. The van der Waals surface area contributed by atoms with Crippen LogP contribution in [0, 0.1) is 23.7 Å². The van der Waals surface area contributed by atoms with Crippen molar-refractivity contribution in [2.45, 2.75) is 56.8 Å². The van der Waals surface area contributed by atoms with E-state index in [9.17, 15) is 0 Å². The van der Waals surface area contributed by atoms with E-state index >= 15 is 0 Å². The molecule has 4 saturated carbocycles. The van der Waals surface area contributed by atoms with Gasteiger partial charge in [0.2, 0.25) is 0 Å². The Balaban J connectivity index is 1.18. The quantitative estimate of drug-likeness (QED) is 0.171. The number of benzene rings is 7. The fourth-order valence-electron chi connectivity index (χ4n) is 13.1. The summed E-state index contributed by atoms with van der Waals surface area (Å²) in [6, 6.07) is 62.5. The summed E-state index contributed by atoms with van der Waals surface area (Å²) in [5.41, 5.74) is 20.4. The third-order valence-electron chi connectivity index (χ3n) is 15.0. The van der Waals surface area contributed by atoms with Crippen LogP contribution in [0.2, 0.25) is 0 Å². The fraction of sp³-hybridized carbons (Fsp3) is 0.236. The van der Waals surface area contributed by atoms with E-state index in [4.69, 9.17) is 0 Å². The number of rotatable bonds is 5. The van der Waals surface area contributed by atoms with E-state index in [1.54, 1.807) is 11.1 Å². The molecular weight excluding hydrogens is 675 g/mol. The maximum atomic E-state index is 2.69. The molecule has 6 aliphatic carbocycles. The Labute approximate surface area is 331 Å². The first-order chi connectivity index (χ1) is 27.5. The van der Waals surface area contributed by atoms with E-state index in [1.165, 1.54) is 105 Å². The van der Waals surface area contributed by atoms with E-state index < -0.39 is 0 Å². The number of hydrogen-bond acceptors (Lipinski definition) is 1. The van der Waals surface area contributed by atoms with Crippen LogP contribution < -0.4 is 4.90 Å². The molecule has 7 aromatic rings. The third-order valence-corrected chi connectivity index (χ3v) is 15.0. The fourth-order valence-corrected chi connectivity index (χ4v) is 13.1. The minimum absolute atomic E-state index is 0.0173. The number of anilines is 3. The zero-order chi connectivity index (χ0) is 37.2. The van der Waals surface area contributed by atoms with Gasteiger partial charge in [0.05, 0.1) is 11.4 Å². The van der Waals surface area contributed by atoms with Crippen LogP contribution in [0.4, 0.5) is 17.1 Å². The van der Waals surface area contributed by atoms with Gasteiger partial charge in [-0.3, -0.25) is 0 Å². The molecule has 56 heavy (non-hydrogen) atoms. The monoisotopic (exact) mass is 721 g/mol. The average molecular weight is 722 g/mol. The van der Waals surface area contributed by atoms with Crippen LogP contribution in [0.1, 0.15) is 68.2 Å². The molecule has 0 aromatic heterocycles. The molecule has 0 saturated heterocycles. The van der Waals surface area contributed by atoms with Gasteiger partial charge in [-0.15, -0.1) is 0 Å². The molecule has 0 radical (unpaired) electrons. The summed E-state index contributed by atoms with van der Waals surface area (Å²) in [4.78, 5) is 2.69. The molecule has 0 atom stereocenters. The minimum Gasteiger partial charge on any atom is -0.309 e. The van der Waals surface area contributed by atoms with Gasteiger partial charge in [-0.1, -0.05) is 153 Å². The maximum Gasteiger partial charge on any atom is 0.0546 e. The lowest BCUT2D eigenvalue weighted by Gasteiger charge is -2.61. The highest BCUT2D eigenvalue weighted by atomic mass is 15.2. The standard InChI is InChI=1S/C55H47N/c1-54(2)47-23-11-9-20-44(47)46-34-41(27-28-48(46)54)56(50-25-13-21-42(37-15-5-3-6-16-37)52(50)38-17-7-4-8-18-38)51-26-14-22-45-43-19-10-12-24-49(43)55(53(45)51)39-30-35-29-36(32-39)33-40(55)31-35/h3-28,34-36,39-40H,29-33H2,1-2H3. The van der Waals surface area contributed by atoms with Crippen LogP contribution in [0.15, 0.2) is 164 Å². The van der Waals surface area contributed by atoms with Crippen LogP contribution in [0.3, 0.4) is 0 Å². The molecule has 0 aliphatic heterocycles. The van der Waals surface area contributed by atoms with E-state index in [0.717, 1.165) is 11.8 Å². The summed E-state index contributed by atoms with van der Waals surface area (Å²) in [6.45, 7) is 4.78. The molecule has 0 amide bonds. The summed E-state index contributed by atoms with van der Waals surface area (Å²) >= 11 is 0. The van der Waals surface area contributed by atoms with Crippen molar-refractivity contribution in [2.24, 2.45) is 23.7 Å². The Hall–Kier alpha value is -5.66. The van der Waals surface area contributed by atoms with Gasteiger partial charge >= 0.3 is 0 Å². The Morgan fingerprint density at radius 2 is 0.964 bits per heavy atom. The van der Waals surface area contributed by atoms with Gasteiger partial charge in [-0.2, -0.15) is 0 Å². The average Bonchev–Trinajstić information content (AvgIpc) is 3.66. The topological polar surface area (TPSA) is 3.24 Å². The zero-order valence-corrected chi connectivity index (χ0v) is 32.4. The molecule has 272 valence electrons. The first-order valence-corrected chi connectivity index (χ1v) is 21.0. The lowest BCUT2D eigenvalue weighted by molar-refractivity contribution is -0.0397. The number of hydrogen-bond donors (Lipinski definition) is 0. The van der Waals surface area contributed by atoms with Gasteiger partial charge in [-0.05, 0) is 141 Å². The maximum absolute atomic E-state index is 2.69. The Morgan fingerprint density at radius 3 is 1.66 bits per heavy atom. The molecule has 1 nitrogen and oxygen atoms in total. The zero-order valence-electron chi connectivity index (χ0n) is 32.4. The molecule has 0 N–H and O–H groups in total. The summed E-state index contributed by atoms with van der Waals surface area (Å²) < 4.78 is 0. The highest BCUT2D eigenvalue weighted by Gasteiger charge is 2.62. The van der Waals surface area contributed by atoms with E-state index in [-0.39, 0.29) is 10.8 Å². The molecule has 1 spiro atoms. The second kappa shape index (κ2) is 11.9. The van der Waals surface area contributed by atoms with E-state index in [0.29, 0.717) is 11.8 Å². The summed E-state index contributed by atoms with van der Waals surface area (Å²) in [5, 5.41) is 0. The predicted molar refractivity (Wildman–Crippen MR) is 233 cm³/mol. The molecule has 4 fully saturated rings. The van der Waals surface area contributed by atoms with Crippen molar-refractivity contribution >= 4 is 17.1 Å². The Kier molecular flexibility index (Phi) is 6.93. The van der Waals surface area contributed by atoms with Gasteiger partial charge in [0.1, 0.15) is 0 Å². The van der Waals surface area contributed by atoms with Crippen molar-refractivity contribution < 1.29 is 0 Å². The van der Waals surface area contributed by atoms with Crippen LogP contribution in [-0.2, 0) is 10.8 Å². The summed E-state index contributed by atoms with van der Waals surface area (Å²) in [5.74, 6) is 3.10. The highest BCUT2D eigenvalue weighted by molar-refractivity contribution is 6.00. The van der Waals surface area contributed by atoms with E-state index in [2.05, 4.69) is 183 Å². The predicted octanol–water partition coefficient (Wildman–Crippen LogP) is 14.5. The van der Waals surface area contributed by atoms with Crippen LogP contribution in [0.5, 0.6) is 0 Å². The lowest BCUT2D eigenvalue weighted by Crippen LogP contribution is -2.55. The second-order valence-electron chi connectivity index (χ2n) is 18.1. The lowest BCUT2D eigenvalue weighted by atomic mass is 9.43. The van der Waals surface area contributed by atoms with Crippen molar-refractivity contribution in [3.63, 3.8) is 0 Å². The van der Waals surface area contributed by atoms with Crippen molar-refractivity contribution in [2.75, 3.05) is 4.90 Å². The molecule has 0 unspecified atom stereocenters. The minimum atomic E-state index is -0.0577. The first-order valence-electron chi connectivity index (χ1n) is 21.0. The van der Waals surface area contributed by atoms with Crippen molar-refractivity contribution in [3.8, 4) is 44.5 Å². The Bertz CT molecular complexity index is 2660. The normalized spacial score (nSPS) is 24.1. The summed E-state index contributed by atoms with van der Waals surface area (Å²) in [7, 11) is 0. The van der Waals surface area contributed by atoms with Crippen LogP contribution in [-0.4, -0.2) is 0 Å². The molecule has 6 aliphatic rings. The largest absolute Gasteiger partial charge is 0.309 e. The SMILES string of the molecule is CC1(C)c2ccccc2-c2cc(N(c3cccc(-c4ccccc4)c3-c3ccccc3)c3cccc4c3C3(c5ccccc5-4)C4CC5CC(C4)CC3C5)ccc21. The molecule has 7 aromatic carbocycles. The number of nitrogens with zero attached hydrogens (tertiary/aromatic N) is 1. The third kappa shape index (κ3) is 4.38. The molecule has 4 bridgehead atoms. The van der Waals surface area contributed by atoms with Gasteiger partial charge in [-0.25, -0.2) is 0 Å². The molecular formula is C55H47N. The summed E-state index contributed by atoms with van der Waals surface area (Å²) in [6.07, 6.45) is 6.89. The first kappa shape index (κ1) is 32.6. The molecule has 13 rings (SSSR count). The van der Waals surface area contributed by atoms with Crippen LogP contribution >= 0.6 is 0 Å². The van der Waals surface area contributed by atoms with E-state index in [1.807, 2.05) is 0 Å². The van der Waals surface area contributed by atoms with Gasteiger partial charge < -0.3 is 4.90 Å². The smallest absolute Gasteiger partial charge is 0.0546 e. The number of fused-ring (bicyclic) bond motifs is 6. The Morgan fingerprint density at radius 1 is 0.429 bits per heavy atom. The van der Waals surface area contributed by atoms with Crippen molar-refractivity contribution in [1.29, 1.82) is 0 Å². The highest BCUT2D eigenvalue weighted by Crippen LogP contribution is 2.71.